The third-order valence-electron chi connectivity index (χ3n) is 5.23. The monoisotopic (exact) mass is 485 g/mol. The Morgan fingerprint density at radius 2 is 1.72 bits per heavy atom. The number of carbonyl (C=O) groups is 1. The Hall–Kier alpha value is -3.64. The molecule has 5 aromatic rings. The van der Waals surface area contributed by atoms with Gasteiger partial charge in [0.1, 0.15) is 24.7 Å². The minimum Gasteiger partial charge on any atom is -0.486 e. The average Bonchev–Trinajstić information content (AvgIpc) is 3.15. The molecule has 0 aliphatic carbocycles. The van der Waals surface area contributed by atoms with Gasteiger partial charge in [-0.1, -0.05) is 64.5 Å². The molecule has 4 aromatic carbocycles. The second-order valence-electron chi connectivity index (χ2n) is 7.46. The summed E-state index contributed by atoms with van der Waals surface area (Å²) >= 11 is 3.43. The van der Waals surface area contributed by atoms with Crippen LogP contribution in [0.2, 0.25) is 0 Å². The Morgan fingerprint density at radius 1 is 0.906 bits per heavy atom. The first-order valence-corrected chi connectivity index (χ1v) is 11.1. The second kappa shape index (κ2) is 8.85. The van der Waals surface area contributed by atoms with Crippen molar-refractivity contribution >= 4 is 49.3 Å². The molecule has 0 saturated heterocycles. The highest BCUT2D eigenvalue weighted by Gasteiger charge is 2.14. The molecule has 1 N–H and O–H groups in total. The van der Waals surface area contributed by atoms with Gasteiger partial charge in [-0.05, 0) is 53.2 Å². The summed E-state index contributed by atoms with van der Waals surface area (Å²) in [5.74, 6) is 1.34. The first-order chi connectivity index (χ1) is 15.7. The van der Waals surface area contributed by atoms with Crippen molar-refractivity contribution in [3.63, 3.8) is 0 Å². The lowest BCUT2D eigenvalue weighted by Gasteiger charge is -2.12. The number of imidazole rings is 1. The molecule has 0 unspecified atom stereocenters. The van der Waals surface area contributed by atoms with Gasteiger partial charge in [0.05, 0.1) is 11.0 Å². The van der Waals surface area contributed by atoms with Crippen molar-refractivity contribution in [3.8, 4) is 5.75 Å². The van der Waals surface area contributed by atoms with E-state index in [-0.39, 0.29) is 19.1 Å². The average molecular weight is 486 g/mol. The van der Waals surface area contributed by atoms with E-state index >= 15 is 0 Å². The first kappa shape index (κ1) is 20.3. The fraction of sp³-hybridized carbons (Fsp3) is 0.0769. The number of nitrogens with one attached hydrogen (secondary N) is 1. The van der Waals surface area contributed by atoms with Gasteiger partial charge in [-0.15, -0.1) is 0 Å². The molecule has 5 rings (SSSR count). The lowest BCUT2D eigenvalue weighted by molar-refractivity contribution is -0.116. The summed E-state index contributed by atoms with van der Waals surface area (Å²) in [6.07, 6.45) is 0. The number of fused-ring (bicyclic) bond motifs is 2. The summed E-state index contributed by atoms with van der Waals surface area (Å²) in [6.45, 7) is 0.403. The summed E-state index contributed by atoms with van der Waals surface area (Å²) in [6, 6.07) is 29.5. The number of amides is 1. The van der Waals surface area contributed by atoms with E-state index in [0.29, 0.717) is 5.82 Å². The molecular weight excluding hydrogens is 466 g/mol. The third-order valence-corrected chi connectivity index (χ3v) is 5.73. The summed E-state index contributed by atoms with van der Waals surface area (Å²) in [5, 5.41) is 5.23. The Labute approximate surface area is 193 Å². The summed E-state index contributed by atoms with van der Waals surface area (Å²) < 4.78 is 8.88. The normalized spacial score (nSPS) is 11.0. The number of rotatable bonds is 6. The molecule has 1 aromatic heterocycles. The zero-order valence-electron chi connectivity index (χ0n) is 17.2. The van der Waals surface area contributed by atoms with Gasteiger partial charge in [-0.25, -0.2) is 4.98 Å². The fourth-order valence-electron chi connectivity index (χ4n) is 3.73. The lowest BCUT2D eigenvalue weighted by Crippen LogP contribution is -2.20. The Bertz CT molecular complexity index is 1430. The van der Waals surface area contributed by atoms with Gasteiger partial charge in [-0.2, -0.15) is 0 Å². The number of anilines is 1. The number of benzene rings is 4. The highest BCUT2D eigenvalue weighted by Crippen LogP contribution is 2.23. The zero-order chi connectivity index (χ0) is 21.9. The van der Waals surface area contributed by atoms with Crippen LogP contribution < -0.4 is 10.1 Å². The van der Waals surface area contributed by atoms with Gasteiger partial charge in [0.15, 0.2) is 0 Å². The van der Waals surface area contributed by atoms with Gasteiger partial charge in [0, 0.05) is 10.2 Å². The zero-order valence-corrected chi connectivity index (χ0v) is 18.7. The van der Waals surface area contributed by atoms with Gasteiger partial charge < -0.3 is 14.6 Å². The van der Waals surface area contributed by atoms with E-state index in [4.69, 9.17) is 9.72 Å². The molecule has 1 amide bonds. The van der Waals surface area contributed by atoms with Crippen LogP contribution in [-0.2, 0) is 17.9 Å². The molecule has 0 spiro atoms. The number of carbonyl (C=O) groups excluding carboxylic acids is 1. The second-order valence-corrected chi connectivity index (χ2v) is 8.37. The molecule has 0 aliphatic rings. The number of halogens is 1. The number of nitrogens with zero attached hydrogens (tertiary/aromatic N) is 2. The first-order valence-electron chi connectivity index (χ1n) is 10.3. The number of aromatic nitrogens is 2. The van der Waals surface area contributed by atoms with Crippen LogP contribution in [0.4, 0.5) is 5.69 Å². The topological polar surface area (TPSA) is 56.2 Å². The van der Waals surface area contributed by atoms with Gasteiger partial charge in [0.2, 0.25) is 5.91 Å². The fourth-order valence-corrected chi connectivity index (χ4v) is 4.13. The summed E-state index contributed by atoms with van der Waals surface area (Å²) in [7, 11) is 0. The summed E-state index contributed by atoms with van der Waals surface area (Å²) in [4.78, 5) is 17.5. The molecule has 6 heteroatoms. The molecule has 5 nitrogen and oxygen atoms in total. The standard InChI is InChI=1S/C26H20BrN3O2/c27-20-8-5-9-21(15-20)28-26(31)16-30-24-11-4-3-10-23(24)29-25(30)17-32-22-13-12-18-6-1-2-7-19(18)14-22/h1-15H,16-17H2,(H,28,31). The van der Waals surface area contributed by atoms with Gasteiger partial charge in [0.25, 0.3) is 0 Å². The molecule has 158 valence electrons. The number of hydrogen-bond donors (Lipinski definition) is 1. The van der Waals surface area contributed by atoms with E-state index < -0.39 is 0 Å². The molecule has 0 aliphatic heterocycles. The molecule has 0 radical (unpaired) electrons. The van der Waals surface area contributed by atoms with E-state index in [0.717, 1.165) is 37.7 Å². The van der Waals surface area contributed by atoms with E-state index in [1.54, 1.807) is 0 Å². The maximum atomic E-state index is 12.8. The van der Waals surface area contributed by atoms with Crippen molar-refractivity contribution in [3.05, 3.63) is 101 Å². The smallest absolute Gasteiger partial charge is 0.244 e. The van der Waals surface area contributed by atoms with Crippen LogP contribution >= 0.6 is 15.9 Å². The van der Waals surface area contributed by atoms with E-state index in [2.05, 4.69) is 33.4 Å². The van der Waals surface area contributed by atoms with E-state index in [1.165, 1.54) is 0 Å². The van der Waals surface area contributed by atoms with E-state index in [9.17, 15) is 4.79 Å². The molecular formula is C26H20BrN3O2. The third kappa shape index (κ3) is 4.36. The quantitative estimate of drug-likeness (QED) is 0.312. The number of hydrogen-bond acceptors (Lipinski definition) is 3. The van der Waals surface area contributed by atoms with Gasteiger partial charge in [-0.3, -0.25) is 4.79 Å². The Balaban J connectivity index is 1.38. The SMILES string of the molecule is O=C(Cn1c(COc2ccc3ccccc3c2)nc2ccccc21)Nc1cccc(Br)c1. The highest BCUT2D eigenvalue weighted by atomic mass is 79.9. The van der Waals surface area contributed by atoms with Gasteiger partial charge >= 0.3 is 0 Å². The van der Waals surface area contributed by atoms with Crippen molar-refractivity contribution in [1.82, 2.24) is 9.55 Å². The van der Waals surface area contributed by atoms with Crippen molar-refractivity contribution in [1.29, 1.82) is 0 Å². The highest BCUT2D eigenvalue weighted by molar-refractivity contribution is 9.10. The van der Waals surface area contributed by atoms with Crippen LogP contribution in [0.3, 0.4) is 0 Å². The van der Waals surface area contributed by atoms with Crippen LogP contribution in [-0.4, -0.2) is 15.5 Å². The van der Waals surface area contributed by atoms with Crippen LogP contribution in [0, 0.1) is 0 Å². The molecule has 0 fully saturated rings. The van der Waals surface area contributed by atoms with Crippen molar-refractivity contribution < 1.29 is 9.53 Å². The largest absolute Gasteiger partial charge is 0.486 e. The van der Waals surface area contributed by atoms with E-state index in [1.807, 2.05) is 83.4 Å². The lowest BCUT2D eigenvalue weighted by atomic mass is 10.1. The number of para-hydroxylation sites is 2. The Kier molecular flexibility index (Phi) is 5.60. The molecule has 32 heavy (non-hydrogen) atoms. The minimum atomic E-state index is -0.127. The van der Waals surface area contributed by atoms with Crippen molar-refractivity contribution in [2.24, 2.45) is 0 Å². The molecule has 1 heterocycles. The van der Waals surface area contributed by atoms with Crippen molar-refractivity contribution in [2.75, 3.05) is 5.32 Å². The molecule has 0 saturated carbocycles. The summed E-state index contributed by atoms with van der Waals surface area (Å²) in [5.41, 5.74) is 2.47. The number of ether oxygens (including phenoxy) is 1. The van der Waals surface area contributed by atoms with Crippen LogP contribution in [0.15, 0.2) is 95.5 Å². The predicted molar refractivity (Wildman–Crippen MR) is 131 cm³/mol. The maximum Gasteiger partial charge on any atom is 0.244 e. The van der Waals surface area contributed by atoms with Crippen molar-refractivity contribution in [2.45, 2.75) is 13.2 Å². The maximum absolute atomic E-state index is 12.8. The van der Waals surface area contributed by atoms with Crippen LogP contribution in [0.1, 0.15) is 5.82 Å². The predicted octanol–water partition coefficient (Wildman–Crippen LogP) is 6.17. The molecule has 0 bridgehead atoms. The Morgan fingerprint density at radius 3 is 2.59 bits per heavy atom. The van der Waals surface area contributed by atoms with Crippen LogP contribution in [0.25, 0.3) is 21.8 Å². The minimum absolute atomic E-state index is 0.127. The van der Waals surface area contributed by atoms with Crippen LogP contribution in [0.5, 0.6) is 5.75 Å². The molecule has 0 atom stereocenters.